The Hall–Kier alpha value is -0.870. The van der Waals surface area contributed by atoms with E-state index in [0.717, 1.165) is 30.5 Å². The molecule has 1 fully saturated rings. The van der Waals surface area contributed by atoms with E-state index in [0.29, 0.717) is 18.4 Å². The molecule has 1 amide bonds. The summed E-state index contributed by atoms with van der Waals surface area (Å²) in [5, 5.41) is 3.46. The summed E-state index contributed by atoms with van der Waals surface area (Å²) in [5.74, 6) is 0.304. The highest BCUT2D eigenvalue weighted by Gasteiger charge is 2.15. The molecule has 0 aliphatic carbocycles. The summed E-state index contributed by atoms with van der Waals surface area (Å²) in [5.41, 5.74) is 1.32. The third-order valence-corrected chi connectivity index (χ3v) is 4.52. The monoisotopic (exact) mass is 352 g/mol. The highest BCUT2D eigenvalue weighted by atomic mass is 79.9. The van der Waals surface area contributed by atoms with Crippen LogP contribution in [0.3, 0.4) is 0 Å². The number of nitrogens with one attached hydrogen (secondary N) is 1. The van der Waals surface area contributed by atoms with Crippen molar-refractivity contribution in [1.82, 2.24) is 10.2 Å². The first-order valence-corrected chi connectivity index (χ1v) is 8.70. The second kappa shape index (κ2) is 8.54. The van der Waals surface area contributed by atoms with E-state index < -0.39 is 0 Å². The molecule has 3 nitrogen and oxygen atoms in total. The number of carbonyl (C=O) groups is 1. The van der Waals surface area contributed by atoms with E-state index in [9.17, 15) is 4.79 Å². The minimum Gasteiger partial charge on any atom is -0.343 e. The van der Waals surface area contributed by atoms with Gasteiger partial charge in [-0.15, -0.1) is 0 Å². The largest absolute Gasteiger partial charge is 0.343 e. The smallest absolute Gasteiger partial charge is 0.223 e. The Morgan fingerprint density at radius 2 is 1.90 bits per heavy atom. The van der Waals surface area contributed by atoms with Gasteiger partial charge in [-0.3, -0.25) is 4.79 Å². The van der Waals surface area contributed by atoms with Crippen LogP contribution in [0.1, 0.15) is 38.2 Å². The van der Waals surface area contributed by atoms with Crippen molar-refractivity contribution in [2.45, 2.75) is 45.1 Å². The molecule has 0 radical (unpaired) electrons. The molecule has 1 saturated heterocycles. The van der Waals surface area contributed by atoms with Crippen molar-refractivity contribution in [3.05, 3.63) is 34.3 Å². The minimum absolute atomic E-state index is 0.304. The number of hydrogen-bond donors (Lipinski definition) is 1. The topological polar surface area (TPSA) is 32.3 Å². The normalized spacial score (nSPS) is 16.8. The lowest BCUT2D eigenvalue weighted by Gasteiger charge is -2.27. The molecule has 1 heterocycles. The zero-order valence-corrected chi connectivity index (χ0v) is 14.4. The summed E-state index contributed by atoms with van der Waals surface area (Å²) >= 11 is 3.45. The fraction of sp³-hybridized carbons (Fsp3) is 0.588. The Kier molecular flexibility index (Phi) is 6.71. The molecule has 0 bridgehead atoms. The Bertz CT molecular complexity index is 441. The van der Waals surface area contributed by atoms with Crippen molar-refractivity contribution >= 4 is 21.8 Å². The first kappa shape index (κ1) is 16.5. The van der Waals surface area contributed by atoms with Gasteiger partial charge >= 0.3 is 0 Å². The van der Waals surface area contributed by atoms with Crippen LogP contribution in [0.15, 0.2) is 28.7 Å². The number of likely N-dealkylation sites (tertiary alicyclic amines) is 1. The average molecular weight is 353 g/mol. The van der Waals surface area contributed by atoms with E-state index in [-0.39, 0.29) is 0 Å². The van der Waals surface area contributed by atoms with Crippen LogP contribution in [-0.2, 0) is 11.2 Å². The highest BCUT2D eigenvalue weighted by molar-refractivity contribution is 9.10. The van der Waals surface area contributed by atoms with Crippen molar-refractivity contribution in [3.63, 3.8) is 0 Å². The molecule has 1 aliphatic heterocycles. The van der Waals surface area contributed by atoms with Crippen LogP contribution >= 0.6 is 15.9 Å². The number of benzene rings is 1. The van der Waals surface area contributed by atoms with E-state index in [1.54, 1.807) is 0 Å². The van der Waals surface area contributed by atoms with Gasteiger partial charge in [-0.05, 0) is 50.3 Å². The lowest BCUT2D eigenvalue weighted by Crippen LogP contribution is -2.38. The standard InChI is InChI=1S/C17H25BrN2O/c1-14(13-15-5-7-16(18)8-6-15)19-10-9-17(21)20-11-3-2-4-12-20/h5-8,14,19H,2-4,9-13H2,1H3. The predicted molar refractivity (Wildman–Crippen MR) is 90.4 cm³/mol. The fourth-order valence-corrected chi connectivity index (χ4v) is 3.04. The molecule has 1 unspecified atom stereocenters. The van der Waals surface area contributed by atoms with E-state index >= 15 is 0 Å². The molecule has 21 heavy (non-hydrogen) atoms. The molecule has 1 aromatic carbocycles. The molecular formula is C17H25BrN2O. The molecule has 1 atom stereocenters. The maximum absolute atomic E-state index is 12.1. The number of halogens is 1. The van der Waals surface area contributed by atoms with Gasteiger partial charge in [0, 0.05) is 36.6 Å². The number of hydrogen-bond acceptors (Lipinski definition) is 2. The summed E-state index contributed by atoms with van der Waals surface area (Å²) in [6.07, 6.45) is 5.21. The van der Waals surface area contributed by atoms with Gasteiger partial charge in [-0.2, -0.15) is 0 Å². The van der Waals surface area contributed by atoms with Crippen molar-refractivity contribution < 1.29 is 4.79 Å². The van der Waals surface area contributed by atoms with Crippen LogP contribution < -0.4 is 5.32 Å². The predicted octanol–water partition coefficient (Wildman–Crippen LogP) is 3.37. The van der Waals surface area contributed by atoms with Crippen molar-refractivity contribution in [3.8, 4) is 0 Å². The van der Waals surface area contributed by atoms with Gasteiger partial charge in [0.05, 0.1) is 0 Å². The van der Waals surface area contributed by atoms with Crippen LogP contribution in [-0.4, -0.2) is 36.5 Å². The van der Waals surface area contributed by atoms with Gasteiger partial charge in [0.1, 0.15) is 0 Å². The van der Waals surface area contributed by atoms with Crippen LogP contribution in [0, 0.1) is 0 Å². The zero-order chi connectivity index (χ0) is 15.1. The number of nitrogens with zero attached hydrogens (tertiary/aromatic N) is 1. The Morgan fingerprint density at radius 1 is 1.24 bits per heavy atom. The molecule has 2 rings (SSSR count). The zero-order valence-electron chi connectivity index (χ0n) is 12.8. The molecule has 1 N–H and O–H groups in total. The van der Waals surface area contributed by atoms with Gasteiger partial charge in [0.15, 0.2) is 0 Å². The fourth-order valence-electron chi connectivity index (χ4n) is 2.77. The summed E-state index contributed by atoms with van der Waals surface area (Å²) in [6, 6.07) is 8.81. The molecule has 4 heteroatoms. The first-order chi connectivity index (χ1) is 10.1. The molecule has 1 aliphatic rings. The number of carbonyl (C=O) groups excluding carboxylic acids is 1. The Balaban J connectivity index is 1.65. The second-order valence-corrected chi connectivity index (χ2v) is 6.79. The number of rotatable bonds is 6. The maximum Gasteiger partial charge on any atom is 0.223 e. The van der Waals surface area contributed by atoms with E-state index in [4.69, 9.17) is 0 Å². The van der Waals surface area contributed by atoms with Crippen LogP contribution in [0.25, 0.3) is 0 Å². The van der Waals surface area contributed by atoms with Gasteiger partial charge < -0.3 is 10.2 Å². The van der Waals surface area contributed by atoms with Gasteiger partial charge in [-0.1, -0.05) is 28.1 Å². The van der Waals surface area contributed by atoms with Gasteiger partial charge in [-0.25, -0.2) is 0 Å². The van der Waals surface area contributed by atoms with Gasteiger partial charge in [0.2, 0.25) is 5.91 Å². The Morgan fingerprint density at radius 3 is 2.57 bits per heavy atom. The van der Waals surface area contributed by atoms with E-state index in [2.05, 4.69) is 52.4 Å². The van der Waals surface area contributed by atoms with Crippen molar-refractivity contribution in [1.29, 1.82) is 0 Å². The van der Waals surface area contributed by atoms with Crippen LogP contribution in [0.5, 0.6) is 0 Å². The number of piperidine rings is 1. The summed E-state index contributed by atoms with van der Waals surface area (Å²) in [6.45, 7) is 4.85. The second-order valence-electron chi connectivity index (χ2n) is 5.88. The first-order valence-electron chi connectivity index (χ1n) is 7.91. The van der Waals surface area contributed by atoms with Crippen molar-refractivity contribution in [2.24, 2.45) is 0 Å². The highest BCUT2D eigenvalue weighted by Crippen LogP contribution is 2.12. The minimum atomic E-state index is 0.304. The SMILES string of the molecule is CC(Cc1ccc(Br)cc1)NCCC(=O)N1CCCCC1. The molecule has 0 aromatic heterocycles. The molecular weight excluding hydrogens is 328 g/mol. The van der Waals surface area contributed by atoms with Gasteiger partial charge in [0.25, 0.3) is 0 Å². The lowest BCUT2D eigenvalue weighted by atomic mass is 10.1. The van der Waals surface area contributed by atoms with Crippen LogP contribution in [0.4, 0.5) is 0 Å². The average Bonchev–Trinajstić information content (AvgIpc) is 2.50. The third-order valence-electron chi connectivity index (χ3n) is 4.00. The Labute approximate surface area is 136 Å². The molecule has 0 saturated carbocycles. The molecule has 0 spiro atoms. The van der Waals surface area contributed by atoms with E-state index in [1.165, 1.54) is 24.8 Å². The summed E-state index contributed by atoms with van der Waals surface area (Å²) in [7, 11) is 0. The summed E-state index contributed by atoms with van der Waals surface area (Å²) < 4.78 is 1.11. The summed E-state index contributed by atoms with van der Waals surface area (Å²) in [4.78, 5) is 14.1. The number of amides is 1. The molecule has 116 valence electrons. The molecule has 1 aromatic rings. The third kappa shape index (κ3) is 5.79. The van der Waals surface area contributed by atoms with E-state index in [1.807, 2.05) is 4.90 Å². The lowest BCUT2D eigenvalue weighted by molar-refractivity contribution is -0.131. The quantitative estimate of drug-likeness (QED) is 0.851. The van der Waals surface area contributed by atoms with Crippen LogP contribution in [0.2, 0.25) is 0 Å². The van der Waals surface area contributed by atoms with Crippen molar-refractivity contribution in [2.75, 3.05) is 19.6 Å². The maximum atomic E-state index is 12.1.